The van der Waals surface area contributed by atoms with Crippen LogP contribution in [0.25, 0.3) is 0 Å². The van der Waals surface area contributed by atoms with Crippen molar-refractivity contribution < 1.29 is 34.0 Å². The molecule has 2 unspecified atom stereocenters. The molecular formula is C21H23NO7. The average Bonchev–Trinajstić information content (AvgIpc) is 3.00. The SMILES string of the molecule is COC(=O)C(C)N1C(=O)c2c(O)cc(OC)cc2C1c1cc(C)cc(OC)c1O. The van der Waals surface area contributed by atoms with E-state index in [9.17, 15) is 19.8 Å². The van der Waals surface area contributed by atoms with Crippen LogP contribution in [0, 0.1) is 6.92 Å². The van der Waals surface area contributed by atoms with Crippen molar-refractivity contribution in [1.29, 1.82) is 0 Å². The molecule has 1 heterocycles. The van der Waals surface area contributed by atoms with Gasteiger partial charge in [-0.15, -0.1) is 0 Å². The van der Waals surface area contributed by atoms with Crippen LogP contribution in [0.15, 0.2) is 24.3 Å². The molecule has 8 nitrogen and oxygen atoms in total. The van der Waals surface area contributed by atoms with Gasteiger partial charge in [0.2, 0.25) is 0 Å². The van der Waals surface area contributed by atoms with Crippen molar-refractivity contribution in [1.82, 2.24) is 4.90 Å². The molecule has 0 saturated heterocycles. The Morgan fingerprint density at radius 3 is 2.34 bits per heavy atom. The zero-order chi connectivity index (χ0) is 21.5. The van der Waals surface area contributed by atoms with Crippen LogP contribution in [-0.4, -0.2) is 54.4 Å². The maximum absolute atomic E-state index is 13.2. The molecule has 1 aliphatic rings. The number of phenolic OH excluding ortho intramolecular Hbond substituents is 2. The highest BCUT2D eigenvalue weighted by Crippen LogP contribution is 2.49. The molecule has 3 rings (SSSR count). The lowest BCUT2D eigenvalue weighted by molar-refractivity contribution is -0.145. The smallest absolute Gasteiger partial charge is 0.328 e. The second-order valence-corrected chi connectivity index (χ2v) is 6.83. The molecule has 0 aliphatic carbocycles. The summed E-state index contributed by atoms with van der Waals surface area (Å²) in [6.07, 6.45) is 0. The van der Waals surface area contributed by atoms with E-state index in [4.69, 9.17) is 14.2 Å². The number of hydrogen-bond donors (Lipinski definition) is 2. The topological polar surface area (TPSA) is 106 Å². The van der Waals surface area contributed by atoms with E-state index in [-0.39, 0.29) is 22.8 Å². The first-order valence-electron chi connectivity index (χ1n) is 8.94. The number of esters is 1. The quantitative estimate of drug-likeness (QED) is 0.742. The van der Waals surface area contributed by atoms with Gasteiger partial charge in [0.05, 0.1) is 32.9 Å². The van der Waals surface area contributed by atoms with Crippen LogP contribution in [0.5, 0.6) is 23.0 Å². The Bertz CT molecular complexity index is 985. The highest BCUT2D eigenvalue weighted by molar-refractivity contribution is 6.04. The molecule has 154 valence electrons. The molecule has 0 radical (unpaired) electrons. The molecule has 0 aromatic heterocycles. The Labute approximate surface area is 168 Å². The van der Waals surface area contributed by atoms with E-state index in [0.717, 1.165) is 5.56 Å². The van der Waals surface area contributed by atoms with Crippen molar-refractivity contribution in [2.45, 2.75) is 25.9 Å². The Balaban J connectivity index is 2.32. The third-order valence-corrected chi connectivity index (χ3v) is 5.10. The number of hydrogen-bond acceptors (Lipinski definition) is 7. The zero-order valence-electron chi connectivity index (χ0n) is 16.8. The fourth-order valence-electron chi connectivity index (χ4n) is 3.72. The van der Waals surface area contributed by atoms with Crippen molar-refractivity contribution in [3.05, 3.63) is 46.5 Å². The maximum atomic E-state index is 13.2. The van der Waals surface area contributed by atoms with Gasteiger partial charge in [0.25, 0.3) is 5.91 Å². The van der Waals surface area contributed by atoms with Crippen molar-refractivity contribution in [2.24, 2.45) is 0 Å². The lowest BCUT2D eigenvalue weighted by Crippen LogP contribution is -2.42. The minimum Gasteiger partial charge on any atom is -0.507 e. The van der Waals surface area contributed by atoms with Crippen molar-refractivity contribution in [3.63, 3.8) is 0 Å². The molecular weight excluding hydrogens is 378 g/mol. The number of aromatic hydroxyl groups is 2. The second-order valence-electron chi connectivity index (χ2n) is 6.83. The fourth-order valence-corrected chi connectivity index (χ4v) is 3.72. The van der Waals surface area contributed by atoms with Gasteiger partial charge < -0.3 is 29.3 Å². The van der Waals surface area contributed by atoms with Crippen LogP contribution in [-0.2, 0) is 9.53 Å². The standard InChI is InChI=1S/C21H23NO7/c1-10-6-14(19(24)16(7-10)28-4)18-13-8-12(27-3)9-15(23)17(13)20(25)22(18)11(2)21(26)29-5/h6-9,11,18,23-24H,1-5H3. The first-order valence-corrected chi connectivity index (χ1v) is 8.94. The van der Waals surface area contributed by atoms with Gasteiger partial charge >= 0.3 is 5.97 Å². The Morgan fingerprint density at radius 2 is 1.76 bits per heavy atom. The molecule has 2 atom stereocenters. The van der Waals surface area contributed by atoms with Crippen LogP contribution < -0.4 is 9.47 Å². The number of benzene rings is 2. The normalized spacial score (nSPS) is 16.4. The van der Waals surface area contributed by atoms with Crippen molar-refractivity contribution >= 4 is 11.9 Å². The highest BCUT2D eigenvalue weighted by Gasteiger charge is 2.46. The number of phenols is 2. The summed E-state index contributed by atoms with van der Waals surface area (Å²) in [5.41, 5.74) is 1.60. The monoisotopic (exact) mass is 401 g/mol. The molecule has 0 spiro atoms. The molecule has 2 aromatic rings. The molecule has 0 fully saturated rings. The van der Waals surface area contributed by atoms with Crippen LogP contribution in [0.4, 0.5) is 0 Å². The minimum atomic E-state index is -0.971. The summed E-state index contributed by atoms with van der Waals surface area (Å²) in [4.78, 5) is 26.8. The number of amides is 1. The Morgan fingerprint density at radius 1 is 1.07 bits per heavy atom. The van der Waals surface area contributed by atoms with Gasteiger partial charge in [-0.1, -0.05) is 0 Å². The van der Waals surface area contributed by atoms with E-state index < -0.39 is 24.0 Å². The van der Waals surface area contributed by atoms with E-state index >= 15 is 0 Å². The second kappa shape index (κ2) is 7.54. The summed E-state index contributed by atoms with van der Waals surface area (Å²) in [6.45, 7) is 3.35. The van der Waals surface area contributed by atoms with E-state index in [1.807, 2.05) is 6.92 Å². The highest BCUT2D eigenvalue weighted by atomic mass is 16.5. The summed E-state index contributed by atoms with van der Waals surface area (Å²) in [7, 11) is 4.10. The largest absolute Gasteiger partial charge is 0.507 e. The number of aryl methyl sites for hydroxylation is 1. The predicted molar refractivity (Wildman–Crippen MR) is 104 cm³/mol. The predicted octanol–water partition coefficient (Wildman–Crippen LogP) is 2.53. The van der Waals surface area contributed by atoms with Gasteiger partial charge in [0.15, 0.2) is 11.5 Å². The lowest BCUT2D eigenvalue weighted by atomic mass is 9.94. The summed E-state index contributed by atoms with van der Waals surface area (Å²) >= 11 is 0. The van der Waals surface area contributed by atoms with E-state index in [2.05, 4.69) is 0 Å². The van der Waals surface area contributed by atoms with Crippen LogP contribution in [0.1, 0.15) is 40.0 Å². The van der Waals surface area contributed by atoms with Gasteiger partial charge in [0, 0.05) is 11.6 Å². The summed E-state index contributed by atoms with van der Waals surface area (Å²) < 4.78 is 15.3. The Hall–Kier alpha value is -3.42. The summed E-state index contributed by atoms with van der Waals surface area (Å²) in [5, 5.41) is 21.3. The van der Waals surface area contributed by atoms with Gasteiger partial charge in [-0.05, 0) is 43.2 Å². The first kappa shape index (κ1) is 20.3. The number of carbonyl (C=O) groups excluding carboxylic acids is 2. The number of ether oxygens (including phenoxy) is 3. The molecule has 1 amide bonds. The molecule has 29 heavy (non-hydrogen) atoms. The van der Waals surface area contributed by atoms with Crippen LogP contribution in [0.3, 0.4) is 0 Å². The van der Waals surface area contributed by atoms with Gasteiger partial charge in [0.1, 0.15) is 17.5 Å². The number of carbonyl (C=O) groups is 2. The average molecular weight is 401 g/mol. The summed E-state index contributed by atoms with van der Waals surface area (Å²) in [6, 6.07) is 4.47. The van der Waals surface area contributed by atoms with Gasteiger partial charge in [-0.25, -0.2) is 4.79 Å². The van der Waals surface area contributed by atoms with Gasteiger partial charge in [-0.2, -0.15) is 0 Å². The third kappa shape index (κ3) is 3.20. The number of fused-ring (bicyclic) bond motifs is 1. The minimum absolute atomic E-state index is 0.0476. The number of methoxy groups -OCH3 is 3. The zero-order valence-corrected chi connectivity index (χ0v) is 16.8. The molecule has 2 N–H and O–H groups in total. The molecule has 0 saturated carbocycles. The third-order valence-electron chi connectivity index (χ3n) is 5.10. The van der Waals surface area contributed by atoms with E-state index in [1.165, 1.54) is 39.2 Å². The summed E-state index contributed by atoms with van der Waals surface area (Å²) in [5.74, 6) is -1.03. The van der Waals surface area contributed by atoms with E-state index in [1.54, 1.807) is 18.2 Å². The maximum Gasteiger partial charge on any atom is 0.328 e. The van der Waals surface area contributed by atoms with Crippen molar-refractivity contribution in [3.8, 4) is 23.0 Å². The fraction of sp³-hybridized carbons (Fsp3) is 0.333. The van der Waals surface area contributed by atoms with Crippen molar-refractivity contribution in [2.75, 3.05) is 21.3 Å². The molecule has 0 bridgehead atoms. The van der Waals surface area contributed by atoms with E-state index in [0.29, 0.717) is 16.9 Å². The molecule has 8 heteroatoms. The molecule has 2 aromatic carbocycles. The van der Waals surface area contributed by atoms with Gasteiger partial charge in [-0.3, -0.25) is 4.79 Å². The molecule has 1 aliphatic heterocycles. The van der Waals surface area contributed by atoms with Crippen LogP contribution in [0.2, 0.25) is 0 Å². The van der Waals surface area contributed by atoms with Crippen LogP contribution >= 0.6 is 0 Å². The first-order chi connectivity index (χ1) is 13.7. The number of nitrogens with zero attached hydrogens (tertiary/aromatic N) is 1. The number of rotatable bonds is 5. The lowest BCUT2D eigenvalue weighted by Gasteiger charge is -2.30. The Kier molecular flexibility index (Phi) is 5.28.